The molecular formula is C25H28FN7OS. The van der Waals surface area contributed by atoms with Gasteiger partial charge < -0.3 is 15.5 Å². The van der Waals surface area contributed by atoms with E-state index in [1.54, 1.807) is 35.2 Å². The van der Waals surface area contributed by atoms with Gasteiger partial charge in [0.25, 0.3) is 0 Å². The van der Waals surface area contributed by atoms with Crippen molar-refractivity contribution in [2.75, 3.05) is 25.5 Å². The highest BCUT2D eigenvalue weighted by molar-refractivity contribution is 7.13. The van der Waals surface area contributed by atoms with E-state index in [4.69, 9.17) is 0 Å². The van der Waals surface area contributed by atoms with Crippen LogP contribution < -0.4 is 10.6 Å². The summed E-state index contributed by atoms with van der Waals surface area (Å²) in [4.78, 5) is 15.8. The van der Waals surface area contributed by atoms with Crippen molar-refractivity contribution >= 4 is 23.1 Å². The van der Waals surface area contributed by atoms with Crippen LogP contribution in [0.1, 0.15) is 18.4 Å². The van der Waals surface area contributed by atoms with Gasteiger partial charge in [-0.2, -0.15) is 0 Å². The molecule has 0 unspecified atom stereocenters. The minimum Gasteiger partial charge on any atom is -0.338 e. The normalized spacial score (nSPS) is 11.1. The molecule has 10 heteroatoms. The average molecular weight is 494 g/mol. The third-order valence-electron chi connectivity index (χ3n) is 5.49. The number of benzene rings is 2. The van der Waals surface area contributed by atoms with Gasteiger partial charge in [0.2, 0.25) is 0 Å². The predicted octanol–water partition coefficient (Wildman–Crippen LogP) is 4.78. The number of carbonyl (C=O) groups excluding carboxylic acids is 1. The Balaban J connectivity index is 1.28. The molecule has 182 valence electrons. The molecule has 0 aliphatic carbocycles. The van der Waals surface area contributed by atoms with Gasteiger partial charge in [-0.05, 0) is 89.8 Å². The largest absolute Gasteiger partial charge is 0.338 e. The second-order valence-electron chi connectivity index (χ2n) is 8.35. The van der Waals surface area contributed by atoms with Crippen LogP contribution >= 0.6 is 11.3 Å². The maximum absolute atomic E-state index is 13.0. The fourth-order valence-electron chi connectivity index (χ4n) is 3.75. The molecule has 8 nitrogen and oxygen atoms in total. The van der Waals surface area contributed by atoms with Gasteiger partial charge in [0.1, 0.15) is 5.82 Å². The number of unbranched alkanes of at least 4 members (excludes halogenated alkanes) is 1. The number of nitrogens with one attached hydrogen (secondary N) is 2. The Labute approximate surface area is 207 Å². The topological polar surface area (TPSA) is 88.0 Å². The predicted molar refractivity (Wildman–Crippen MR) is 137 cm³/mol. The van der Waals surface area contributed by atoms with Crippen LogP contribution in [0.25, 0.3) is 21.8 Å². The fourth-order valence-corrected chi connectivity index (χ4v) is 4.47. The molecule has 2 aromatic heterocycles. The van der Waals surface area contributed by atoms with Crippen molar-refractivity contribution in [3.63, 3.8) is 0 Å². The van der Waals surface area contributed by atoms with E-state index in [9.17, 15) is 9.18 Å². The van der Waals surface area contributed by atoms with Crippen LogP contribution in [-0.4, -0.2) is 51.3 Å². The van der Waals surface area contributed by atoms with Crippen molar-refractivity contribution in [3.05, 3.63) is 71.4 Å². The number of hydrogen-bond acceptors (Lipinski definition) is 6. The van der Waals surface area contributed by atoms with Crippen LogP contribution in [0.5, 0.6) is 0 Å². The molecule has 0 radical (unpaired) electrons. The van der Waals surface area contributed by atoms with Crippen molar-refractivity contribution in [3.8, 4) is 21.8 Å². The van der Waals surface area contributed by atoms with E-state index in [0.717, 1.165) is 47.5 Å². The summed E-state index contributed by atoms with van der Waals surface area (Å²) >= 11 is 1.63. The molecule has 0 saturated carbocycles. The second kappa shape index (κ2) is 11.7. The number of aromatic nitrogens is 4. The van der Waals surface area contributed by atoms with E-state index >= 15 is 0 Å². The maximum atomic E-state index is 13.0. The van der Waals surface area contributed by atoms with Gasteiger partial charge in [-0.1, -0.05) is 18.2 Å². The maximum Gasteiger partial charge on any atom is 0.319 e. The Morgan fingerprint density at radius 1 is 1.11 bits per heavy atom. The van der Waals surface area contributed by atoms with Crippen LogP contribution in [0.4, 0.5) is 14.9 Å². The molecule has 35 heavy (non-hydrogen) atoms. The molecule has 0 aliphatic rings. The van der Waals surface area contributed by atoms with Gasteiger partial charge >= 0.3 is 6.03 Å². The molecule has 0 fully saturated rings. The summed E-state index contributed by atoms with van der Waals surface area (Å²) in [7, 11) is 3.82. The lowest BCUT2D eigenvalue weighted by molar-refractivity contribution is 0.251. The first kappa shape index (κ1) is 24.5. The van der Waals surface area contributed by atoms with Crippen LogP contribution in [0.2, 0.25) is 0 Å². The SMILES string of the molecule is CN(CCCCNC(=O)Nc1cc(-c2cccs2)cc(-c2nnnn2C)c1)Cc1ccc(F)cc1. The summed E-state index contributed by atoms with van der Waals surface area (Å²) in [6.07, 6.45) is 1.79. The van der Waals surface area contributed by atoms with Crippen molar-refractivity contribution < 1.29 is 9.18 Å². The highest BCUT2D eigenvalue weighted by Gasteiger charge is 2.12. The van der Waals surface area contributed by atoms with E-state index in [1.165, 1.54) is 12.1 Å². The Hall–Kier alpha value is -3.63. The first-order valence-electron chi connectivity index (χ1n) is 11.4. The molecule has 2 heterocycles. The molecule has 4 aromatic rings. The minimum atomic E-state index is -0.255. The Morgan fingerprint density at radius 3 is 2.63 bits per heavy atom. The lowest BCUT2D eigenvalue weighted by atomic mass is 10.1. The molecule has 2 aromatic carbocycles. The summed E-state index contributed by atoms with van der Waals surface area (Å²) in [6, 6.07) is 16.2. The number of halogens is 1. The van der Waals surface area contributed by atoms with E-state index in [1.807, 2.05) is 42.8 Å². The number of nitrogens with zero attached hydrogens (tertiary/aromatic N) is 5. The molecule has 0 saturated heterocycles. The molecule has 0 atom stereocenters. The zero-order valence-electron chi connectivity index (χ0n) is 19.7. The minimum absolute atomic E-state index is 0.221. The van der Waals surface area contributed by atoms with Gasteiger partial charge in [-0.3, -0.25) is 0 Å². The van der Waals surface area contributed by atoms with Crippen LogP contribution in [0.15, 0.2) is 60.0 Å². The molecule has 4 rings (SSSR count). The average Bonchev–Trinajstić information content (AvgIpc) is 3.52. The van der Waals surface area contributed by atoms with E-state index in [0.29, 0.717) is 18.1 Å². The third-order valence-corrected chi connectivity index (χ3v) is 6.41. The lowest BCUT2D eigenvalue weighted by Gasteiger charge is -2.16. The number of hydrogen-bond donors (Lipinski definition) is 2. The highest BCUT2D eigenvalue weighted by atomic mass is 32.1. The number of rotatable bonds is 10. The number of tetrazole rings is 1. The van der Waals surface area contributed by atoms with Gasteiger partial charge in [0, 0.05) is 36.3 Å². The summed E-state index contributed by atoms with van der Waals surface area (Å²) in [5.41, 5.74) is 3.56. The smallest absolute Gasteiger partial charge is 0.319 e. The monoisotopic (exact) mass is 493 g/mol. The summed E-state index contributed by atoms with van der Waals surface area (Å²) in [5.74, 6) is 0.400. The standard InChI is InChI=1S/C25H28FN7OS/c1-32(17-18-7-9-21(26)10-8-18)12-4-3-11-27-25(34)28-22-15-19(23-6-5-13-35-23)14-20(16-22)24-29-30-31-33(24)2/h5-10,13-16H,3-4,11-12,17H2,1-2H3,(H2,27,28,34). The number of amides is 2. The number of carbonyl (C=O) groups is 1. The number of anilines is 1. The van der Waals surface area contributed by atoms with Crippen LogP contribution in [0.3, 0.4) is 0 Å². The Kier molecular flexibility index (Phi) is 8.17. The molecular weight excluding hydrogens is 465 g/mol. The van der Waals surface area contributed by atoms with Gasteiger partial charge in [0.05, 0.1) is 0 Å². The number of thiophene rings is 1. The third kappa shape index (κ3) is 6.93. The van der Waals surface area contributed by atoms with Gasteiger partial charge in [0.15, 0.2) is 5.82 Å². The van der Waals surface area contributed by atoms with E-state index in [2.05, 4.69) is 31.1 Å². The number of aryl methyl sites for hydroxylation is 1. The summed E-state index contributed by atoms with van der Waals surface area (Å²) in [6.45, 7) is 2.22. The van der Waals surface area contributed by atoms with Crippen molar-refractivity contribution in [2.24, 2.45) is 7.05 Å². The Morgan fingerprint density at radius 2 is 1.91 bits per heavy atom. The van der Waals surface area contributed by atoms with Gasteiger partial charge in [-0.25, -0.2) is 13.9 Å². The molecule has 0 bridgehead atoms. The lowest BCUT2D eigenvalue weighted by Crippen LogP contribution is -2.30. The first-order valence-corrected chi connectivity index (χ1v) is 12.3. The quantitative estimate of drug-likeness (QED) is 0.311. The molecule has 2 amide bonds. The van der Waals surface area contributed by atoms with Crippen LogP contribution in [0, 0.1) is 5.82 Å². The fraction of sp³-hybridized carbons (Fsp3) is 0.280. The molecule has 2 N–H and O–H groups in total. The van der Waals surface area contributed by atoms with Crippen molar-refractivity contribution in [1.82, 2.24) is 30.4 Å². The summed E-state index contributed by atoms with van der Waals surface area (Å²) < 4.78 is 14.6. The zero-order valence-corrected chi connectivity index (χ0v) is 20.6. The second-order valence-corrected chi connectivity index (χ2v) is 9.30. The first-order chi connectivity index (χ1) is 17.0. The molecule has 0 aliphatic heterocycles. The molecule has 0 spiro atoms. The van der Waals surface area contributed by atoms with E-state index < -0.39 is 0 Å². The zero-order chi connectivity index (χ0) is 24.6. The van der Waals surface area contributed by atoms with E-state index in [-0.39, 0.29) is 11.8 Å². The van der Waals surface area contributed by atoms with Gasteiger partial charge in [-0.15, -0.1) is 16.4 Å². The van der Waals surface area contributed by atoms with Crippen molar-refractivity contribution in [2.45, 2.75) is 19.4 Å². The Bertz CT molecular complexity index is 1240. The highest BCUT2D eigenvalue weighted by Crippen LogP contribution is 2.31. The van der Waals surface area contributed by atoms with Crippen LogP contribution in [-0.2, 0) is 13.6 Å². The number of urea groups is 1. The summed E-state index contributed by atoms with van der Waals surface area (Å²) in [5, 5.41) is 19.6. The van der Waals surface area contributed by atoms with Crippen molar-refractivity contribution in [1.29, 1.82) is 0 Å².